The zero-order valence-corrected chi connectivity index (χ0v) is 11.3. The van der Waals surface area contributed by atoms with Crippen LogP contribution < -0.4 is 4.74 Å². The quantitative estimate of drug-likeness (QED) is 0.611. The van der Waals surface area contributed by atoms with Crippen molar-refractivity contribution in [3.8, 4) is 5.75 Å². The number of likely N-dealkylation sites (N-methyl/N-ethyl adjacent to an activating group) is 1. The molecular weight excluding hydrogens is 277 g/mol. The average molecular weight is 293 g/mol. The lowest BCUT2D eigenvalue weighted by molar-refractivity contribution is 0.381. The van der Waals surface area contributed by atoms with Crippen LogP contribution in [0.1, 0.15) is 5.56 Å². The second-order valence-corrected chi connectivity index (χ2v) is 4.56. The molecule has 0 fully saturated rings. The van der Waals surface area contributed by atoms with Gasteiger partial charge in [0.1, 0.15) is 5.75 Å². The van der Waals surface area contributed by atoms with Crippen LogP contribution in [0.25, 0.3) is 0 Å². The SMILES string of the molecule is COc1ccc(Br)cc1CCN(C)CCl. The highest BCUT2D eigenvalue weighted by molar-refractivity contribution is 9.10. The summed E-state index contributed by atoms with van der Waals surface area (Å²) in [6.45, 7) is 0.927. The van der Waals surface area contributed by atoms with Crippen molar-refractivity contribution in [1.29, 1.82) is 0 Å². The van der Waals surface area contributed by atoms with Crippen LogP contribution in [-0.4, -0.2) is 31.6 Å². The van der Waals surface area contributed by atoms with Crippen molar-refractivity contribution in [2.75, 3.05) is 26.7 Å². The second kappa shape index (κ2) is 6.36. The molecule has 0 aliphatic carbocycles. The van der Waals surface area contributed by atoms with E-state index in [-0.39, 0.29) is 0 Å². The summed E-state index contributed by atoms with van der Waals surface area (Å²) in [4.78, 5) is 2.06. The molecule has 0 aromatic heterocycles. The molecule has 0 saturated carbocycles. The Labute approximate surface area is 104 Å². The lowest BCUT2D eigenvalue weighted by atomic mass is 10.1. The summed E-state index contributed by atoms with van der Waals surface area (Å²) in [7, 11) is 3.69. The lowest BCUT2D eigenvalue weighted by Gasteiger charge is -2.14. The smallest absolute Gasteiger partial charge is 0.122 e. The van der Waals surface area contributed by atoms with E-state index in [2.05, 4.69) is 26.9 Å². The van der Waals surface area contributed by atoms with Gasteiger partial charge in [-0.2, -0.15) is 0 Å². The fourth-order valence-corrected chi connectivity index (χ4v) is 1.84. The lowest BCUT2D eigenvalue weighted by Crippen LogP contribution is -2.19. The van der Waals surface area contributed by atoms with E-state index in [1.807, 2.05) is 19.2 Å². The molecule has 0 heterocycles. The van der Waals surface area contributed by atoms with E-state index in [0.29, 0.717) is 6.00 Å². The summed E-state index contributed by atoms with van der Waals surface area (Å²) in [6, 6.07) is 6.59. The van der Waals surface area contributed by atoms with Gasteiger partial charge in [-0.25, -0.2) is 0 Å². The number of benzene rings is 1. The van der Waals surface area contributed by atoms with E-state index in [4.69, 9.17) is 16.3 Å². The topological polar surface area (TPSA) is 12.5 Å². The minimum Gasteiger partial charge on any atom is -0.496 e. The highest BCUT2D eigenvalue weighted by Crippen LogP contribution is 2.23. The Balaban J connectivity index is 2.69. The predicted octanol–water partition coefficient (Wildman–Crippen LogP) is 3.13. The summed E-state index contributed by atoms with van der Waals surface area (Å²) < 4.78 is 6.37. The first-order valence-electron chi connectivity index (χ1n) is 4.74. The zero-order valence-electron chi connectivity index (χ0n) is 8.96. The number of nitrogens with zero attached hydrogens (tertiary/aromatic N) is 1. The first-order valence-corrected chi connectivity index (χ1v) is 6.07. The number of ether oxygens (including phenoxy) is 1. The summed E-state index contributed by atoms with van der Waals surface area (Å²) in [5.74, 6) is 0.932. The summed E-state index contributed by atoms with van der Waals surface area (Å²) >= 11 is 9.16. The van der Waals surface area contributed by atoms with Gasteiger partial charge in [0.05, 0.1) is 13.1 Å². The standard InChI is InChI=1S/C11H15BrClNO/c1-14(8-13)6-5-9-7-10(12)3-4-11(9)15-2/h3-4,7H,5-6,8H2,1-2H3. The molecule has 1 aromatic rings. The molecule has 15 heavy (non-hydrogen) atoms. The molecule has 0 atom stereocenters. The van der Waals surface area contributed by atoms with Crippen molar-refractivity contribution in [2.24, 2.45) is 0 Å². The van der Waals surface area contributed by atoms with Crippen LogP contribution in [0.2, 0.25) is 0 Å². The van der Waals surface area contributed by atoms with Crippen LogP contribution in [0.15, 0.2) is 22.7 Å². The van der Waals surface area contributed by atoms with Gasteiger partial charge in [0.2, 0.25) is 0 Å². The van der Waals surface area contributed by atoms with E-state index >= 15 is 0 Å². The number of methoxy groups -OCH3 is 1. The first-order chi connectivity index (χ1) is 7.17. The number of alkyl halides is 1. The van der Waals surface area contributed by atoms with E-state index in [9.17, 15) is 0 Å². The molecule has 0 bridgehead atoms. The van der Waals surface area contributed by atoms with E-state index in [0.717, 1.165) is 23.2 Å². The average Bonchev–Trinajstić information content (AvgIpc) is 2.26. The third kappa shape index (κ3) is 4.01. The van der Waals surface area contributed by atoms with Gasteiger partial charge in [0.15, 0.2) is 0 Å². The number of hydrogen-bond donors (Lipinski definition) is 0. The molecule has 1 rings (SSSR count). The van der Waals surface area contributed by atoms with Crippen LogP contribution in [0.4, 0.5) is 0 Å². The molecule has 0 amide bonds. The Morgan fingerprint density at radius 2 is 2.20 bits per heavy atom. The Morgan fingerprint density at radius 1 is 1.47 bits per heavy atom. The minimum absolute atomic E-state index is 0.552. The molecule has 0 radical (unpaired) electrons. The van der Waals surface area contributed by atoms with Gasteiger partial charge >= 0.3 is 0 Å². The first kappa shape index (κ1) is 12.8. The molecule has 0 N–H and O–H groups in total. The van der Waals surface area contributed by atoms with Gasteiger partial charge in [-0.15, -0.1) is 11.6 Å². The van der Waals surface area contributed by atoms with Crippen molar-refractivity contribution in [3.05, 3.63) is 28.2 Å². The van der Waals surface area contributed by atoms with Gasteiger partial charge in [-0.1, -0.05) is 15.9 Å². The van der Waals surface area contributed by atoms with Crippen molar-refractivity contribution < 1.29 is 4.74 Å². The largest absolute Gasteiger partial charge is 0.496 e. The van der Waals surface area contributed by atoms with Crippen LogP contribution in [0, 0.1) is 0 Å². The monoisotopic (exact) mass is 291 g/mol. The van der Waals surface area contributed by atoms with Gasteiger partial charge < -0.3 is 4.74 Å². The van der Waals surface area contributed by atoms with Crippen LogP contribution in [-0.2, 0) is 6.42 Å². The highest BCUT2D eigenvalue weighted by atomic mass is 79.9. The molecule has 84 valence electrons. The number of hydrogen-bond acceptors (Lipinski definition) is 2. The molecule has 2 nitrogen and oxygen atoms in total. The maximum absolute atomic E-state index is 5.71. The van der Waals surface area contributed by atoms with Crippen molar-refractivity contribution in [2.45, 2.75) is 6.42 Å². The number of halogens is 2. The van der Waals surface area contributed by atoms with Crippen LogP contribution in [0.3, 0.4) is 0 Å². The molecular formula is C11H15BrClNO. The normalized spacial score (nSPS) is 10.7. The van der Waals surface area contributed by atoms with Gasteiger partial charge in [-0.05, 0) is 37.2 Å². The van der Waals surface area contributed by atoms with Crippen molar-refractivity contribution in [1.82, 2.24) is 4.90 Å². The summed E-state index contributed by atoms with van der Waals surface area (Å²) in [6.07, 6.45) is 0.936. The fourth-order valence-electron chi connectivity index (χ4n) is 1.31. The highest BCUT2D eigenvalue weighted by Gasteiger charge is 2.04. The molecule has 0 aliphatic heterocycles. The maximum atomic E-state index is 5.71. The summed E-state index contributed by atoms with van der Waals surface area (Å²) in [5.41, 5.74) is 1.20. The molecule has 0 spiro atoms. The summed E-state index contributed by atoms with van der Waals surface area (Å²) in [5, 5.41) is 0. The molecule has 0 saturated heterocycles. The van der Waals surface area contributed by atoms with E-state index in [1.54, 1.807) is 7.11 Å². The second-order valence-electron chi connectivity index (χ2n) is 3.41. The zero-order chi connectivity index (χ0) is 11.3. The predicted molar refractivity (Wildman–Crippen MR) is 67.7 cm³/mol. The van der Waals surface area contributed by atoms with Crippen LogP contribution in [0.5, 0.6) is 5.75 Å². The van der Waals surface area contributed by atoms with Gasteiger partial charge in [0, 0.05) is 11.0 Å². The Bertz CT molecular complexity index is 319. The number of rotatable bonds is 5. The fraction of sp³-hybridized carbons (Fsp3) is 0.455. The van der Waals surface area contributed by atoms with Gasteiger partial charge in [0.25, 0.3) is 0 Å². The van der Waals surface area contributed by atoms with E-state index in [1.165, 1.54) is 5.56 Å². The molecule has 0 unspecified atom stereocenters. The van der Waals surface area contributed by atoms with E-state index < -0.39 is 0 Å². The van der Waals surface area contributed by atoms with Crippen molar-refractivity contribution >= 4 is 27.5 Å². The molecule has 1 aromatic carbocycles. The molecule has 0 aliphatic rings. The minimum atomic E-state index is 0.552. The Hall–Kier alpha value is -0.250. The Kier molecular flexibility index (Phi) is 5.43. The molecule has 4 heteroatoms. The Morgan fingerprint density at radius 3 is 2.80 bits per heavy atom. The maximum Gasteiger partial charge on any atom is 0.122 e. The third-order valence-electron chi connectivity index (χ3n) is 2.21. The van der Waals surface area contributed by atoms with Crippen molar-refractivity contribution in [3.63, 3.8) is 0 Å². The third-order valence-corrected chi connectivity index (χ3v) is 3.11. The van der Waals surface area contributed by atoms with Crippen LogP contribution >= 0.6 is 27.5 Å². The van der Waals surface area contributed by atoms with Gasteiger partial charge in [-0.3, -0.25) is 4.90 Å².